The molecular weight excluding hydrogens is 544 g/mol. The SMILES string of the molecule is CC1(C)COC(c2ccc(-c3cc(-c4ccc(C5=NC(C)(C)CO5)cc4)nc(-c4cccc(-c5ccccc5)c4)n3)cc2)=N1. The summed E-state index contributed by atoms with van der Waals surface area (Å²) in [4.78, 5) is 19.6. The topological polar surface area (TPSA) is 69.0 Å². The summed E-state index contributed by atoms with van der Waals surface area (Å²) in [5.74, 6) is 2.03. The molecule has 0 aliphatic carbocycles. The molecule has 0 bridgehead atoms. The van der Waals surface area contributed by atoms with E-state index in [1.807, 2.05) is 36.4 Å². The Labute approximate surface area is 258 Å². The highest BCUT2D eigenvalue weighted by molar-refractivity contribution is 5.96. The van der Waals surface area contributed by atoms with Gasteiger partial charge in [-0.15, -0.1) is 0 Å². The van der Waals surface area contributed by atoms with Gasteiger partial charge >= 0.3 is 0 Å². The van der Waals surface area contributed by atoms with Crippen molar-refractivity contribution in [1.82, 2.24) is 9.97 Å². The zero-order valence-corrected chi connectivity index (χ0v) is 25.4. The normalized spacial score (nSPS) is 16.5. The second kappa shape index (κ2) is 10.9. The summed E-state index contributed by atoms with van der Waals surface area (Å²) >= 11 is 0. The Hall–Kier alpha value is -5.10. The summed E-state index contributed by atoms with van der Waals surface area (Å²) < 4.78 is 11.7. The number of hydrogen-bond donors (Lipinski definition) is 0. The van der Waals surface area contributed by atoms with E-state index in [-0.39, 0.29) is 11.1 Å². The van der Waals surface area contributed by atoms with Crippen LogP contribution in [0.3, 0.4) is 0 Å². The third-order valence-corrected chi connectivity index (χ3v) is 7.74. The van der Waals surface area contributed by atoms with E-state index in [1.165, 1.54) is 0 Å². The Morgan fingerprint density at radius 2 is 0.909 bits per heavy atom. The van der Waals surface area contributed by atoms with Gasteiger partial charge < -0.3 is 9.47 Å². The van der Waals surface area contributed by atoms with Crippen LogP contribution in [0.25, 0.3) is 45.0 Å². The third-order valence-electron chi connectivity index (χ3n) is 7.74. The van der Waals surface area contributed by atoms with Crippen molar-refractivity contribution in [2.75, 3.05) is 13.2 Å². The fraction of sp³-hybridized carbons (Fsp3) is 0.211. The lowest BCUT2D eigenvalue weighted by Crippen LogP contribution is -2.17. The largest absolute Gasteiger partial charge is 0.475 e. The van der Waals surface area contributed by atoms with Crippen LogP contribution in [-0.2, 0) is 9.47 Å². The Balaban J connectivity index is 1.29. The van der Waals surface area contributed by atoms with E-state index in [1.54, 1.807) is 0 Å². The van der Waals surface area contributed by atoms with Gasteiger partial charge in [-0.3, -0.25) is 0 Å². The first-order valence-electron chi connectivity index (χ1n) is 14.9. The van der Waals surface area contributed by atoms with Crippen LogP contribution in [0.4, 0.5) is 0 Å². The van der Waals surface area contributed by atoms with E-state index >= 15 is 0 Å². The quantitative estimate of drug-likeness (QED) is 0.203. The number of aromatic nitrogens is 2. The lowest BCUT2D eigenvalue weighted by molar-refractivity contribution is 0.279. The Bertz CT molecular complexity index is 1790. The molecule has 0 saturated carbocycles. The summed E-state index contributed by atoms with van der Waals surface area (Å²) in [6.45, 7) is 9.47. The number of aliphatic imine (C=N–C) groups is 2. The molecule has 6 heteroatoms. The Morgan fingerprint density at radius 3 is 1.39 bits per heavy atom. The zero-order chi connectivity index (χ0) is 30.3. The molecule has 6 nitrogen and oxygen atoms in total. The monoisotopic (exact) mass is 578 g/mol. The molecule has 0 atom stereocenters. The maximum absolute atomic E-state index is 5.87. The van der Waals surface area contributed by atoms with Crippen molar-refractivity contribution in [1.29, 1.82) is 0 Å². The highest BCUT2D eigenvalue weighted by Crippen LogP contribution is 2.31. The summed E-state index contributed by atoms with van der Waals surface area (Å²) in [6.07, 6.45) is 0. The molecule has 7 rings (SSSR count). The molecule has 0 N–H and O–H groups in total. The molecule has 3 heterocycles. The maximum Gasteiger partial charge on any atom is 0.216 e. The van der Waals surface area contributed by atoms with E-state index in [9.17, 15) is 0 Å². The van der Waals surface area contributed by atoms with Crippen molar-refractivity contribution >= 4 is 11.8 Å². The number of nitrogens with zero attached hydrogens (tertiary/aromatic N) is 4. The van der Waals surface area contributed by atoms with Crippen LogP contribution in [0.15, 0.2) is 119 Å². The van der Waals surface area contributed by atoms with E-state index in [0.717, 1.165) is 50.3 Å². The minimum atomic E-state index is -0.207. The van der Waals surface area contributed by atoms with Crippen LogP contribution in [0.2, 0.25) is 0 Å². The second-order valence-corrected chi connectivity index (χ2v) is 12.6. The van der Waals surface area contributed by atoms with Crippen molar-refractivity contribution in [2.24, 2.45) is 9.98 Å². The van der Waals surface area contributed by atoms with E-state index in [0.29, 0.717) is 30.8 Å². The van der Waals surface area contributed by atoms with Crippen molar-refractivity contribution in [3.05, 3.63) is 120 Å². The molecule has 2 aliphatic heterocycles. The molecule has 44 heavy (non-hydrogen) atoms. The number of benzene rings is 4. The number of hydrogen-bond acceptors (Lipinski definition) is 6. The fourth-order valence-corrected chi connectivity index (χ4v) is 5.37. The first-order valence-corrected chi connectivity index (χ1v) is 14.9. The average molecular weight is 579 g/mol. The minimum Gasteiger partial charge on any atom is -0.475 e. The molecule has 0 spiro atoms. The highest BCUT2D eigenvalue weighted by Gasteiger charge is 2.28. The molecule has 0 amide bonds. The molecule has 0 saturated heterocycles. The van der Waals surface area contributed by atoms with Crippen LogP contribution in [-0.4, -0.2) is 46.1 Å². The van der Waals surface area contributed by atoms with Crippen LogP contribution in [0.5, 0.6) is 0 Å². The van der Waals surface area contributed by atoms with Crippen molar-refractivity contribution in [2.45, 2.75) is 38.8 Å². The van der Waals surface area contributed by atoms with Crippen LogP contribution >= 0.6 is 0 Å². The van der Waals surface area contributed by atoms with Gasteiger partial charge in [0.2, 0.25) is 11.8 Å². The summed E-state index contributed by atoms with van der Waals surface area (Å²) in [5.41, 5.74) is 8.38. The lowest BCUT2D eigenvalue weighted by Gasteiger charge is -2.11. The third kappa shape index (κ3) is 5.76. The van der Waals surface area contributed by atoms with Crippen LogP contribution in [0.1, 0.15) is 38.8 Å². The first kappa shape index (κ1) is 27.7. The lowest BCUT2D eigenvalue weighted by atomic mass is 10.0. The van der Waals surface area contributed by atoms with Crippen molar-refractivity contribution in [3.63, 3.8) is 0 Å². The second-order valence-electron chi connectivity index (χ2n) is 12.6. The number of rotatable bonds is 6. The van der Waals surface area contributed by atoms with Gasteiger partial charge in [0, 0.05) is 27.8 Å². The Kier molecular flexibility index (Phi) is 6.85. The highest BCUT2D eigenvalue weighted by atomic mass is 16.5. The van der Waals surface area contributed by atoms with Gasteiger partial charge in [0.05, 0.1) is 22.5 Å². The standard InChI is InChI=1S/C38H34N4O2/c1-37(2)23-43-35(41-37)28-17-13-26(14-18-28)32-22-33(27-15-19-29(20-16-27)36-42-38(3,4)24-44-36)40-34(39-32)31-12-8-11-30(21-31)25-9-6-5-7-10-25/h5-22H,23-24H2,1-4H3. The molecular formula is C38H34N4O2. The summed E-state index contributed by atoms with van der Waals surface area (Å²) in [6, 6.07) is 37.3. The van der Waals surface area contributed by atoms with Gasteiger partial charge in [-0.1, -0.05) is 72.8 Å². The number of ether oxygens (including phenoxy) is 2. The molecule has 1 aromatic heterocycles. The molecule has 2 aliphatic rings. The van der Waals surface area contributed by atoms with E-state index in [4.69, 9.17) is 29.4 Å². The predicted molar refractivity (Wildman–Crippen MR) is 177 cm³/mol. The van der Waals surface area contributed by atoms with Gasteiger partial charge in [-0.05, 0) is 75.2 Å². The maximum atomic E-state index is 5.87. The van der Waals surface area contributed by atoms with Crippen molar-refractivity contribution < 1.29 is 9.47 Å². The van der Waals surface area contributed by atoms with Crippen LogP contribution in [0, 0.1) is 0 Å². The predicted octanol–water partition coefficient (Wildman–Crippen LogP) is 8.26. The van der Waals surface area contributed by atoms with E-state index in [2.05, 4.69) is 100 Å². The molecule has 5 aromatic rings. The van der Waals surface area contributed by atoms with Gasteiger partial charge in [0.15, 0.2) is 5.82 Å². The Morgan fingerprint density at radius 1 is 0.455 bits per heavy atom. The molecule has 0 fully saturated rings. The smallest absolute Gasteiger partial charge is 0.216 e. The van der Waals surface area contributed by atoms with Gasteiger partial charge in [0.25, 0.3) is 0 Å². The van der Waals surface area contributed by atoms with E-state index < -0.39 is 0 Å². The van der Waals surface area contributed by atoms with Gasteiger partial charge in [0.1, 0.15) is 13.2 Å². The minimum absolute atomic E-state index is 0.207. The zero-order valence-electron chi connectivity index (χ0n) is 25.4. The van der Waals surface area contributed by atoms with Crippen LogP contribution < -0.4 is 0 Å². The summed E-state index contributed by atoms with van der Waals surface area (Å²) in [5, 5.41) is 0. The molecule has 0 radical (unpaired) electrons. The van der Waals surface area contributed by atoms with Gasteiger partial charge in [-0.2, -0.15) is 0 Å². The molecule has 218 valence electrons. The summed E-state index contributed by atoms with van der Waals surface area (Å²) in [7, 11) is 0. The fourth-order valence-electron chi connectivity index (χ4n) is 5.37. The molecule has 0 unspecified atom stereocenters. The van der Waals surface area contributed by atoms with Gasteiger partial charge in [-0.25, -0.2) is 20.0 Å². The van der Waals surface area contributed by atoms with Crippen molar-refractivity contribution in [3.8, 4) is 45.0 Å². The first-order chi connectivity index (χ1) is 21.2. The molecule has 4 aromatic carbocycles. The average Bonchev–Trinajstić information content (AvgIpc) is 3.61.